The molecule has 1 amide bonds. The number of hydrogen-bond donors (Lipinski definition) is 2. The van der Waals surface area contributed by atoms with Gasteiger partial charge < -0.3 is 10.4 Å². The van der Waals surface area contributed by atoms with Gasteiger partial charge in [-0.1, -0.05) is 59.6 Å². The molecule has 0 aliphatic rings. The zero-order valence-corrected chi connectivity index (χ0v) is 15.2. The van der Waals surface area contributed by atoms with Crippen molar-refractivity contribution in [1.82, 2.24) is 5.32 Å². The van der Waals surface area contributed by atoms with Crippen molar-refractivity contribution in [1.29, 1.82) is 0 Å². The molecule has 0 radical (unpaired) electrons. The minimum absolute atomic E-state index is 0.124. The summed E-state index contributed by atoms with van der Waals surface area (Å²) in [6.07, 6.45) is -0.146. The van der Waals surface area contributed by atoms with Crippen LogP contribution in [-0.4, -0.2) is 17.6 Å². The van der Waals surface area contributed by atoms with Gasteiger partial charge in [0.25, 0.3) is 0 Å². The van der Waals surface area contributed by atoms with Crippen LogP contribution >= 0.6 is 23.2 Å². The normalized spacial score (nSPS) is 12.7. The number of halogens is 2. The lowest BCUT2D eigenvalue weighted by atomic mass is 9.83. The van der Waals surface area contributed by atoms with Gasteiger partial charge in [0.2, 0.25) is 5.91 Å². The molecule has 2 aromatic carbocycles. The molecule has 0 unspecified atom stereocenters. The fraction of sp³-hybridized carbons (Fsp3) is 0.316. The first-order valence-electron chi connectivity index (χ1n) is 7.79. The van der Waals surface area contributed by atoms with Crippen molar-refractivity contribution in [2.24, 2.45) is 0 Å². The molecule has 0 aliphatic heterocycles. The molecule has 0 spiro atoms. The standard InChI is InChI=1S/C19H21Cl2NO2/c1-19(2,14-8-9-15(20)16(21)12-14)18(24)22-11-10-17(23)13-6-4-3-5-7-13/h3-9,12,17,23H,10-11H2,1-2H3,(H,22,24)/t17-/m0/s1. The predicted octanol–water partition coefficient (Wildman–Crippen LogP) is 4.51. The van der Waals surface area contributed by atoms with E-state index in [1.165, 1.54) is 0 Å². The Labute approximate surface area is 152 Å². The average Bonchev–Trinajstić information content (AvgIpc) is 2.57. The maximum Gasteiger partial charge on any atom is 0.230 e. The third kappa shape index (κ3) is 4.50. The number of aliphatic hydroxyl groups excluding tert-OH is 1. The van der Waals surface area contributed by atoms with Crippen LogP contribution in [0.4, 0.5) is 0 Å². The Morgan fingerprint density at radius 2 is 1.79 bits per heavy atom. The average molecular weight is 366 g/mol. The molecular formula is C19H21Cl2NO2. The number of rotatable bonds is 6. The Morgan fingerprint density at radius 1 is 1.12 bits per heavy atom. The van der Waals surface area contributed by atoms with E-state index in [2.05, 4.69) is 5.32 Å². The first-order chi connectivity index (χ1) is 11.3. The summed E-state index contributed by atoms with van der Waals surface area (Å²) in [6.45, 7) is 4.05. The predicted molar refractivity (Wildman–Crippen MR) is 98.5 cm³/mol. The SMILES string of the molecule is CC(C)(C(=O)NCC[C@H](O)c1ccccc1)c1ccc(Cl)c(Cl)c1. The summed E-state index contributed by atoms with van der Waals surface area (Å²) in [4.78, 5) is 12.5. The van der Waals surface area contributed by atoms with Crippen molar-refractivity contribution in [3.8, 4) is 0 Å². The van der Waals surface area contributed by atoms with Crippen LogP contribution in [0.25, 0.3) is 0 Å². The molecule has 3 nitrogen and oxygen atoms in total. The van der Waals surface area contributed by atoms with Gasteiger partial charge in [-0.25, -0.2) is 0 Å². The maximum absolute atomic E-state index is 12.5. The van der Waals surface area contributed by atoms with Gasteiger partial charge in [-0.3, -0.25) is 4.79 Å². The number of benzene rings is 2. The highest BCUT2D eigenvalue weighted by molar-refractivity contribution is 6.42. The molecule has 5 heteroatoms. The van der Waals surface area contributed by atoms with Gasteiger partial charge in [0.1, 0.15) is 0 Å². The zero-order chi connectivity index (χ0) is 17.7. The highest BCUT2D eigenvalue weighted by Gasteiger charge is 2.30. The lowest BCUT2D eigenvalue weighted by Crippen LogP contribution is -2.40. The van der Waals surface area contributed by atoms with E-state index >= 15 is 0 Å². The second kappa shape index (κ2) is 8.02. The lowest BCUT2D eigenvalue weighted by molar-refractivity contribution is -0.125. The molecule has 0 aromatic heterocycles. The second-order valence-electron chi connectivity index (χ2n) is 6.22. The largest absolute Gasteiger partial charge is 0.388 e. The Balaban J connectivity index is 1.94. The van der Waals surface area contributed by atoms with E-state index in [9.17, 15) is 9.90 Å². The number of hydrogen-bond acceptors (Lipinski definition) is 2. The molecule has 1 atom stereocenters. The van der Waals surface area contributed by atoms with Crippen LogP contribution in [-0.2, 0) is 10.2 Å². The topological polar surface area (TPSA) is 49.3 Å². The van der Waals surface area contributed by atoms with Gasteiger partial charge in [-0.2, -0.15) is 0 Å². The quantitative estimate of drug-likeness (QED) is 0.790. The third-order valence-corrected chi connectivity index (χ3v) is 4.84. The fourth-order valence-corrected chi connectivity index (χ4v) is 2.70. The molecule has 0 aliphatic carbocycles. The highest BCUT2D eigenvalue weighted by Crippen LogP contribution is 2.30. The van der Waals surface area contributed by atoms with Crippen molar-refractivity contribution in [3.63, 3.8) is 0 Å². The third-order valence-electron chi connectivity index (χ3n) is 4.10. The lowest BCUT2D eigenvalue weighted by Gasteiger charge is -2.25. The van der Waals surface area contributed by atoms with Crippen molar-refractivity contribution in [2.75, 3.05) is 6.54 Å². The van der Waals surface area contributed by atoms with Crippen molar-refractivity contribution in [3.05, 3.63) is 69.7 Å². The summed E-state index contributed by atoms with van der Waals surface area (Å²) in [7, 11) is 0. The minimum atomic E-state index is -0.744. The van der Waals surface area contributed by atoms with Crippen LogP contribution in [0.1, 0.15) is 37.5 Å². The number of nitrogens with one attached hydrogen (secondary N) is 1. The number of carbonyl (C=O) groups is 1. The first-order valence-corrected chi connectivity index (χ1v) is 8.55. The van der Waals surface area contributed by atoms with Crippen molar-refractivity contribution >= 4 is 29.1 Å². The monoisotopic (exact) mass is 365 g/mol. The highest BCUT2D eigenvalue weighted by atomic mass is 35.5. The van der Waals surface area contributed by atoms with Gasteiger partial charge in [-0.15, -0.1) is 0 Å². The molecule has 0 saturated carbocycles. The zero-order valence-electron chi connectivity index (χ0n) is 13.7. The molecule has 0 bridgehead atoms. The van der Waals surface area contributed by atoms with Gasteiger partial charge in [-0.05, 0) is 43.5 Å². The summed E-state index contributed by atoms with van der Waals surface area (Å²) in [5.74, 6) is -0.124. The van der Waals surface area contributed by atoms with Crippen LogP contribution in [0.5, 0.6) is 0 Å². The Kier molecular flexibility index (Phi) is 6.27. The second-order valence-corrected chi connectivity index (χ2v) is 7.04. The van der Waals surface area contributed by atoms with E-state index in [0.29, 0.717) is 23.0 Å². The van der Waals surface area contributed by atoms with Crippen LogP contribution in [0.15, 0.2) is 48.5 Å². The molecule has 2 aromatic rings. The molecule has 24 heavy (non-hydrogen) atoms. The van der Waals surface area contributed by atoms with Gasteiger partial charge in [0.15, 0.2) is 0 Å². The van der Waals surface area contributed by atoms with E-state index in [0.717, 1.165) is 11.1 Å². The van der Waals surface area contributed by atoms with E-state index in [1.54, 1.807) is 18.2 Å². The van der Waals surface area contributed by atoms with Crippen molar-refractivity contribution < 1.29 is 9.90 Å². The molecule has 0 saturated heterocycles. The maximum atomic E-state index is 12.5. The summed E-state index contributed by atoms with van der Waals surface area (Å²) < 4.78 is 0. The van der Waals surface area contributed by atoms with E-state index in [-0.39, 0.29) is 5.91 Å². The molecular weight excluding hydrogens is 345 g/mol. The first kappa shape index (κ1) is 18.8. The Morgan fingerprint density at radius 3 is 2.42 bits per heavy atom. The Hall–Kier alpha value is -1.55. The molecule has 2 N–H and O–H groups in total. The van der Waals surface area contributed by atoms with Crippen molar-refractivity contribution in [2.45, 2.75) is 31.8 Å². The number of amides is 1. The van der Waals surface area contributed by atoms with E-state index in [4.69, 9.17) is 23.2 Å². The number of aliphatic hydroxyl groups is 1. The molecule has 128 valence electrons. The van der Waals surface area contributed by atoms with Crippen LogP contribution in [0.2, 0.25) is 10.0 Å². The fourth-order valence-electron chi connectivity index (χ4n) is 2.40. The molecule has 2 rings (SSSR count). The molecule has 0 fully saturated rings. The minimum Gasteiger partial charge on any atom is -0.388 e. The molecule has 0 heterocycles. The summed E-state index contributed by atoms with van der Waals surface area (Å²) in [6, 6.07) is 14.6. The van der Waals surface area contributed by atoms with E-state index < -0.39 is 11.5 Å². The van der Waals surface area contributed by atoms with Gasteiger partial charge in [0, 0.05) is 6.54 Å². The summed E-state index contributed by atoms with van der Waals surface area (Å²) >= 11 is 12.0. The summed E-state index contributed by atoms with van der Waals surface area (Å²) in [5, 5.41) is 13.9. The Bertz CT molecular complexity index is 702. The van der Waals surface area contributed by atoms with Crippen LogP contribution in [0, 0.1) is 0 Å². The van der Waals surface area contributed by atoms with E-state index in [1.807, 2.05) is 44.2 Å². The summed E-state index contributed by atoms with van der Waals surface area (Å²) in [5.41, 5.74) is 0.889. The van der Waals surface area contributed by atoms with Gasteiger partial charge in [0.05, 0.1) is 21.6 Å². The number of carbonyl (C=O) groups excluding carboxylic acids is 1. The van der Waals surface area contributed by atoms with Gasteiger partial charge >= 0.3 is 0 Å². The smallest absolute Gasteiger partial charge is 0.230 e. The van der Waals surface area contributed by atoms with Crippen LogP contribution in [0.3, 0.4) is 0 Å². The van der Waals surface area contributed by atoms with Crippen LogP contribution < -0.4 is 5.32 Å².